The molecule has 2 saturated heterocycles. The lowest BCUT2D eigenvalue weighted by Gasteiger charge is -2.42. The van der Waals surface area contributed by atoms with Crippen LogP contribution in [0.3, 0.4) is 0 Å². The third-order valence-electron chi connectivity index (χ3n) is 6.98. The number of hydrogen-bond donors (Lipinski definition) is 0. The number of hydrogen-bond acceptors (Lipinski definition) is 3. The zero-order valence-corrected chi connectivity index (χ0v) is 17.8. The molecule has 3 aliphatic rings. The summed E-state index contributed by atoms with van der Waals surface area (Å²) in [5.41, 5.74) is 1.28. The monoisotopic (exact) mass is 397 g/mol. The van der Waals surface area contributed by atoms with Gasteiger partial charge in [-0.05, 0) is 57.1 Å². The highest BCUT2D eigenvalue weighted by Gasteiger charge is 2.37. The van der Waals surface area contributed by atoms with Crippen LogP contribution in [0.15, 0.2) is 30.3 Å². The number of piperidine rings is 2. The molecular weight excluding hydrogens is 362 g/mol. The minimum absolute atomic E-state index is 0.121. The van der Waals surface area contributed by atoms with E-state index < -0.39 is 0 Å². The summed E-state index contributed by atoms with van der Waals surface area (Å²) < 4.78 is 0. The average Bonchev–Trinajstić information content (AvgIpc) is 3.63. The van der Waals surface area contributed by atoms with Crippen molar-refractivity contribution in [2.24, 2.45) is 11.8 Å². The molecule has 158 valence electrons. The van der Waals surface area contributed by atoms with Crippen LogP contribution in [0.5, 0.6) is 0 Å². The Morgan fingerprint density at radius 2 is 1.69 bits per heavy atom. The second kappa shape index (κ2) is 9.29. The molecule has 0 unspecified atom stereocenters. The Morgan fingerprint density at radius 3 is 2.38 bits per heavy atom. The third kappa shape index (κ3) is 5.19. The highest BCUT2D eigenvalue weighted by atomic mass is 16.2. The molecule has 0 N–H and O–H groups in total. The molecule has 4 rings (SSSR count). The number of rotatable bonds is 6. The van der Waals surface area contributed by atoms with Crippen LogP contribution in [0.2, 0.25) is 0 Å². The van der Waals surface area contributed by atoms with Crippen molar-refractivity contribution >= 4 is 11.8 Å². The molecule has 1 atom stereocenters. The topological polar surface area (TPSA) is 43.9 Å². The molecule has 1 aromatic rings. The highest BCUT2D eigenvalue weighted by molar-refractivity contribution is 5.81. The summed E-state index contributed by atoms with van der Waals surface area (Å²) in [4.78, 5) is 31.9. The van der Waals surface area contributed by atoms with Crippen molar-refractivity contribution in [3.63, 3.8) is 0 Å². The van der Waals surface area contributed by atoms with E-state index >= 15 is 0 Å². The van der Waals surface area contributed by atoms with Gasteiger partial charge in [-0.1, -0.05) is 30.3 Å². The number of carbonyl (C=O) groups excluding carboxylic acids is 2. The minimum Gasteiger partial charge on any atom is -0.345 e. The highest BCUT2D eigenvalue weighted by Crippen LogP contribution is 2.32. The molecule has 1 aliphatic carbocycles. The normalized spacial score (nSPS) is 23.8. The van der Waals surface area contributed by atoms with Crippen LogP contribution < -0.4 is 0 Å². The van der Waals surface area contributed by atoms with Crippen molar-refractivity contribution in [1.29, 1.82) is 0 Å². The van der Waals surface area contributed by atoms with Gasteiger partial charge in [0.2, 0.25) is 11.8 Å². The van der Waals surface area contributed by atoms with E-state index in [4.69, 9.17) is 0 Å². The summed E-state index contributed by atoms with van der Waals surface area (Å²) in [7, 11) is 1.95. The molecule has 1 saturated carbocycles. The number of benzene rings is 1. The van der Waals surface area contributed by atoms with Crippen molar-refractivity contribution < 1.29 is 9.59 Å². The van der Waals surface area contributed by atoms with E-state index in [0.29, 0.717) is 23.8 Å². The van der Waals surface area contributed by atoms with E-state index in [-0.39, 0.29) is 5.92 Å². The van der Waals surface area contributed by atoms with Gasteiger partial charge in [-0.3, -0.25) is 14.5 Å². The Hall–Kier alpha value is -1.88. The summed E-state index contributed by atoms with van der Waals surface area (Å²) in [6, 6.07) is 10.9. The Morgan fingerprint density at radius 1 is 0.966 bits per heavy atom. The van der Waals surface area contributed by atoms with E-state index in [0.717, 1.165) is 77.7 Å². The standard InChI is InChI=1S/C24H35N3O2/c1-25(15-11-19-6-3-2-4-7-19)23(28)21-8-5-14-27(18-21)22-12-16-26(17-13-22)24(29)20-9-10-20/h2-4,6-7,20-22H,5,8-18H2,1H3/t21-/m1/s1. The van der Waals surface area contributed by atoms with Crippen LogP contribution >= 0.6 is 0 Å². The molecule has 2 heterocycles. The van der Waals surface area contributed by atoms with Crippen LogP contribution in [0, 0.1) is 11.8 Å². The lowest BCUT2D eigenvalue weighted by atomic mass is 9.92. The molecule has 29 heavy (non-hydrogen) atoms. The van der Waals surface area contributed by atoms with Gasteiger partial charge in [-0.2, -0.15) is 0 Å². The van der Waals surface area contributed by atoms with E-state index in [2.05, 4.69) is 34.1 Å². The Bertz CT molecular complexity index is 695. The second-order valence-electron chi connectivity index (χ2n) is 9.16. The molecule has 1 aromatic carbocycles. The Balaban J connectivity index is 1.24. The van der Waals surface area contributed by atoms with Crippen LogP contribution in [0.4, 0.5) is 0 Å². The first-order chi connectivity index (χ1) is 14.1. The average molecular weight is 398 g/mol. The number of likely N-dealkylation sites (tertiary alicyclic amines) is 2. The fraction of sp³-hybridized carbons (Fsp3) is 0.667. The number of likely N-dealkylation sites (N-methyl/N-ethyl adjacent to an activating group) is 1. The molecule has 2 amide bonds. The SMILES string of the molecule is CN(CCc1ccccc1)C(=O)[C@@H]1CCCN(C2CCN(C(=O)C3CC3)CC2)C1. The predicted molar refractivity (Wildman–Crippen MR) is 114 cm³/mol. The first-order valence-electron chi connectivity index (χ1n) is 11.4. The van der Waals surface area contributed by atoms with E-state index in [9.17, 15) is 9.59 Å². The molecule has 3 fully saturated rings. The lowest BCUT2D eigenvalue weighted by Crippen LogP contribution is -2.52. The maximum atomic E-state index is 13.0. The van der Waals surface area contributed by atoms with Crippen LogP contribution in [-0.2, 0) is 16.0 Å². The summed E-state index contributed by atoms with van der Waals surface area (Å²) in [5, 5.41) is 0. The fourth-order valence-corrected chi connectivity index (χ4v) is 4.94. The molecule has 5 heteroatoms. The zero-order valence-electron chi connectivity index (χ0n) is 17.8. The largest absolute Gasteiger partial charge is 0.345 e. The van der Waals surface area contributed by atoms with Gasteiger partial charge in [-0.15, -0.1) is 0 Å². The van der Waals surface area contributed by atoms with Gasteiger partial charge in [0.1, 0.15) is 0 Å². The lowest BCUT2D eigenvalue weighted by molar-refractivity contribution is -0.136. The number of carbonyl (C=O) groups is 2. The van der Waals surface area contributed by atoms with Crippen molar-refractivity contribution in [2.75, 3.05) is 39.8 Å². The van der Waals surface area contributed by atoms with Gasteiger partial charge in [0.05, 0.1) is 5.92 Å². The number of amides is 2. The van der Waals surface area contributed by atoms with Gasteiger partial charge in [0.25, 0.3) is 0 Å². The zero-order chi connectivity index (χ0) is 20.2. The molecule has 0 spiro atoms. The smallest absolute Gasteiger partial charge is 0.226 e. The van der Waals surface area contributed by atoms with Crippen molar-refractivity contribution in [1.82, 2.24) is 14.7 Å². The van der Waals surface area contributed by atoms with E-state index in [1.165, 1.54) is 5.56 Å². The van der Waals surface area contributed by atoms with Crippen molar-refractivity contribution in [3.05, 3.63) is 35.9 Å². The maximum absolute atomic E-state index is 13.0. The molecule has 0 aromatic heterocycles. The van der Waals surface area contributed by atoms with E-state index in [1.54, 1.807) is 0 Å². The summed E-state index contributed by atoms with van der Waals surface area (Å²) >= 11 is 0. The molecule has 5 nitrogen and oxygen atoms in total. The van der Waals surface area contributed by atoms with Crippen LogP contribution in [0.25, 0.3) is 0 Å². The van der Waals surface area contributed by atoms with Gasteiger partial charge in [0.15, 0.2) is 0 Å². The quantitative estimate of drug-likeness (QED) is 0.741. The van der Waals surface area contributed by atoms with Gasteiger partial charge < -0.3 is 9.80 Å². The van der Waals surface area contributed by atoms with Crippen LogP contribution in [-0.4, -0.2) is 72.3 Å². The number of nitrogens with zero attached hydrogens (tertiary/aromatic N) is 3. The first kappa shape index (κ1) is 20.4. The van der Waals surface area contributed by atoms with Crippen molar-refractivity contribution in [2.45, 2.75) is 51.0 Å². The summed E-state index contributed by atoms with van der Waals surface area (Å²) in [6.45, 7) is 4.55. The van der Waals surface area contributed by atoms with Crippen LogP contribution in [0.1, 0.15) is 44.1 Å². The summed E-state index contributed by atoms with van der Waals surface area (Å²) in [5.74, 6) is 1.13. The van der Waals surface area contributed by atoms with Crippen molar-refractivity contribution in [3.8, 4) is 0 Å². The molecule has 0 radical (unpaired) electrons. The third-order valence-corrected chi connectivity index (χ3v) is 6.98. The fourth-order valence-electron chi connectivity index (χ4n) is 4.94. The minimum atomic E-state index is 0.121. The Kier molecular flexibility index (Phi) is 6.53. The van der Waals surface area contributed by atoms with Gasteiger partial charge in [0, 0.05) is 45.2 Å². The summed E-state index contributed by atoms with van der Waals surface area (Å²) in [6.07, 6.45) is 7.31. The van der Waals surface area contributed by atoms with E-state index in [1.807, 2.05) is 18.0 Å². The molecule has 0 bridgehead atoms. The molecule has 2 aliphatic heterocycles. The Labute approximate surface area is 175 Å². The first-order valence-corrected chi connectivity index (χ1v) is 11.4. The predicted octanol–water partition coefficient (Wildman–Crippen LogP) is 2.80. The van der Waals surface area contributed by atoms with Gasteiger partial charge >= 0.3 is 0 Å². The maximum Gasteiger partial charge on any atom is 0.226 e. The van der Waals surface area contributed by atoms with Gasteiger partial charge in [-0.25, -0.2) is 0 Å². The molecular formula is C24H35N3O2. The second-order valence-corrected chi connectivity index (χ2v) is 9.16.